The van der Waals surface area contributed by atoms with Crippen LogP contribution in [0.2, 0.25) is 0 Å². The Morgan fingerprint density at radius 3 is 1.90 bits per heavy atom. The lowest BCUT2D eigenvalue weighted by molar-refractivity contribution is 0.660. The Morgan fingerprint density at radius 1 is 0.396 bits per heavy atom. The topological polar surface area (TPSA) is 3.24 Å². The van der Waals surface area contributed by atoms with Gasteiger partial charge in [-0.15, -0.1) is 0 Å². The predicted octanol–water partition coefficient (Wildman–Crippen LogP) is 13.1. The van der Waals surface area contributed by atoms with Crippen molar-refractivity contribution in [1.29, 1.82) is 0 Å². The number of hydrogen-bond acceptors (Lipinski definition) is 1. The summed E-state index contributed by atoms with van der Waals surface area (Å²) in [4.78, 5) is 2.46. The highest BCUT2D eigenvalue weighted by molar-refractivity contribution is 5.98. The first-order valence-corrected chi connectivity index (χ1v) is 16.8. The summed E-state index contributed by atoms with van der Waals surface area (Å²) in [5.74, 6) is 0. The van der Waals surface area contributed by atoms with E-state index in [-0.39, 0.29) is 5.41 Å². The number of benzene rings is 8. The molecule has 8 aromatic carbocycles. The standard InChI is InChI=1S/C47H35N/c1-47(2)43-21-8-7-19-42(43)46-44(47)22-11-23-45(46)48(39-29-28-32-12-3-4-14-36(32)31-39)38-17-9-16-37(30-38)33-24-26-35(27-25-33)41-20-10-15-34-13-5-6-18-40(34)41/h3-31H,1-2H3. The van der Waals surface area contributed by atoms with Gasteiger partial charge in [0.05, 0.1) is 5.69 Å². The average Bonchev–Trinajstić information content (AvgIpc) is 3.38. The minimum absolute atomic E-state index is 0.0787. The quantitative estimate of drug-likeness (QED) is 0.187. The fraction of sp³-hybridized carbons (Fsp3) is 0.0638. The molecule has 0 saturated carbocycles. The van der Waals surface area contributed by atoms with Crippen LogP contribution < -0.4 is 4.90 Å². The molecule has 1 nitrogen and oxygen atoms in total. The first kappa shape index (κ1) is 28.3. The Balaban J connectivity index is 1.19. The summed E-state index contributed by atoms with van der Waals surface area (Å²) in [7, 11) is 0. The summed E-state index contributed by atoms with van der Waals surface area (Å²) in [5.41, 5.74) is 13.7. The molecule has 48 heavy (non-hydrogen) atoms. The third-order valence-electron chi connectivity index (χ3n) is 10.2. The van der Waals surface area contributed by atoms with Crippen molar-refractivity contribution in [3.63, 3.8) is 0 Å². The number of hydrogen-bond donors (Lipinski definition) is 0. The fourth-order valence-corrected chi connectivity index (χ4v) is 7.81. The highest BCUT2D eigenvalue weighted by atomic mass is 15.1. The summed E-state index contributed by atoms with van der Waals surface area (Å²) in [6.45, 7) is 4.70. The molecule has 0 amide bonds. The van der Waals surface area contributed by atoms with Crippen LogP contribution in [0.15, 0.2) is 176 Å². The molecule has 1 heteroatoms. The first-order valence-electron chi connectivity index (χ1n) is 16.8. The van der Waals surface area contributed by atoms with Crippen LogP contribution in [0.1, 0.15) is 25.0 Å². The molecule has 0 radical (unpaired) electrons. The van der Waals surface area contributed by atoms with Crippen LogP contribution in [0.4, 0.5) is 17.1 Å². The highest BCUT2D eigenvalue weighted by Crippen LogP contribution is 2.54. The molecule has 0 aliphatic heterocycles. The molecule has 0 bridgehead atoms. The van der Waals surface area contributed by atoms with Gasteiger partial charge in [0.25, 0.3) is 0 Å². The number of anilines is 3. The third kappa shape index (κ3) is 4.54. The van der Waals surface area contributed by atoms with Gasteiger partial charge in [-0.1, -0.05) is 159 Å². The first-order chi connectivity index (χ1) is 23.6. The van der Waals surface area contributed by atoms with Gasteiger partial charge >= 0.3 is 0 Å². The van der Waals surface area contributed by atoms with E-state index in [0.29, 0.717) is 0 Å². The second-order valence-electron chi connectivity index (χ2n) is 13.4. The second kappa shape index (κ2) is 11.1. The molecule has 0 fully saturated rings. The summed E-state index contributed by atoms with van der Waals surface area (Å²) < 4.78 is 0. The van der Waals surface area contributed by atoms with Crippen LogP contribution >= 0.6 is 0 Å². The SMILES string of the molecule is CC1(C)c2ccccc2-c2c(N(c3cccc(-c4ccc(-c5cccc6ccccc56)cc4)c3)c3ccc4ccccc4c3)cccc21. The number of nitrogens with zero attached hydrogens (tertiary/aromatic N) is 1. The summed E-state index contributed by atoms with van der Waals surface area (Å²) >= 11 is 0. The van der Waals surface area contributed by atoms with E-state index in [1.165, 1.54) is 71.7 Å². The zero-order chi connectivity index (χ0) is 32.2. The Kier molecular flexibility index (Phi) is 6.55. The molecule has 0 atom stereocenters. The Labute approximate surface area is 282 Å². The van der Waals surface area contributed by atoms with Gasteiger partial charge in [0.2, 0.25) is 0 Å². The third-order valence-corrected chi connectivity index (χ3v) is 10.2. The fourth-order valence-electron chi connectivity index (χ4n) is 7.81. The van der Waals surface area contributed by atoms with E-state index in [0.717, 1.165) is 11.4 Å². The molecule has 228 valence electrons. The molecule has 0 N–H and O–H groups in total. The number of fused-ring (bicyclic) bond motifs is 5. The van der Waals surface area contributed by atoms with Crippen molar-refractivity contribution in [3.8, 4) is 33.4 Å². The zero-order valence-corrected chi connectivity index (χ0v) is 27.2. The van der Waals surface area contributed by atoms with E-state index >= 15 is 0 Å². The van der Waals surface area contributed by atoms with Crippen molar-refractivity contribution in [3.05, 3.63) is 187 Å². The van der Waals surface area contributed by atoms with Crippen LogP contribution in [0.25, 0.3) is 54.9 Å². The molecule has 1 aliphatic rings. The van der Waals surface area contributed by atoms with Crippen molar-refractivity contribution in [2.75, 3.05) is 4.90 Å². The lowest BCUT2D eigenvalue weighted by Crippen LogP contribution is -2.16. The van der Waals surface area contributed by atoms with Crippen molar-refractivity contribution < 1.29 is 0 Å². The summed E-state index contributed by atoms with van der Waals surface area (Å²) in [5, 5.41) is 5.01. The van der Waals surface area contributed by atoms with Crippen molar-refractivity contribution in [1.82, 2.24) is 0 Å². The van der Waals surface area contributed by atoms with Gasteiger partial charge in [-0.3, -0.25) is 0 Å². The highest BCUT2D eigenvalue weighted by Gasteiger charge is 2.37. The molecule has 0 unspecified atom stereocenters. The molecule has 0 heterocycles. The van der Waals surface area contributed by atoms with Gasteiger partial charge in [-0.25, -0.2) is 0 Å². The predicted molar refractivity (Wildman–Crippen MR) is 205 cm³/mol. The molecule has 0 saturated heterocycles. The van der Waals surface area contributed by atoms with Gasteiger partial charge in [0.15, 0.2) is 0 Å². The van der Waals surface area contributed by atoms with Crippen LogP contribution in [-0.4, -0.2) is 0 Å². The van der Waals surface area contributed by atoms with E-state index < -0.39 is 0 Å². The second-order valence-corrected chi connectivity index (χ2v) is 13.4. The Hall–Kier alpha value is -5.92. The van der Waals surface area contributed by atoms with E-state index in [4.69, 9.17) is 0 Å². The Morgan fingerprint density at radius 2 is 1.02 bits per heavy atom. The zero-order valence-electron chi connectivity index (χ0n) is 27.2. The molecule has 0 aromatic heterocycles. The smallest absolute Gasteiger partial charge is 0.0543 e. The van der Waals surface area contributed by atoms with Gasteiger partial charge in [-0.2, -0.15) is 0 Å². The van der Waals surface area contributed by atoms with E-state index in [9.17, 15) is 0 Å². The van der Waals surface area contributed by atoms with Crippen LogP contribution in [0.5, 0.6) is 0 Å². The van der Waals surface area contributed by atoms with E-state index in [1.54, 1.807) is 0 Å². The lowest BCUT2D eigenvalue weighted by atomic mass is 9.82. The molecular weight excluding hydrogens is 579 g/mol. The van der Waals surface area contributed by atoms with Crippen molar-refractivity contribution >= 4 is 38.6 Å². The lowest BCUT2D eigenvalue weighted by Gasteiger charge is -2.29. The van der Waals surface area contributed by atoms with Crippen LogP contribution in [0.3, 0.4) is 0 Å². The minimum atomic E-state index is -0.0787. The average molecular weight is 614 g/mol. The molecule has 1 aliphatic carbocycles. The molecular formula is C47H35N. The van der Waals surface area contributed by atoms with Crippen LogP contribution in [0, 0.1) is 0 Å². The number of rotatable bonds is 5. The van der Waals surface area contributed by atoms with E-state index in [2.05, 4.69) is 195 Å². The minimum Gasteiger partial charge on any atom is -0.310 e. The maximum Gasteiger partial charge on any atom is 0.0543 e. The normalized spacial score (nSPS) is 13.0. The van der Waals surface area contributed by atoms with Gasteiger partial charge in [0.1, 0.15) is 0 Å². The Bertz CT molecular complexity index is 2480. The van der Waals surface area contributed by atoms with Gasteiger partial charge < -0.3 is 4.90 Å². The maximum atomic E-state index is 2.46. The van der Waals surface area contributed by atoms with Crippen molar-refractivity contribution in [2.45, 2.75) is 19.3 Å². The molecule has 9 rings (SSSR count). The maximum absolute atomic E-state index is 2.46. The molecule has 0 spiro atoms. The van der Waals surface area contributed by atoms with E-state index in [1.807, 2.05) is 0 Å². The van der Waals surface area contributed by atoms with Crippen LogP contribution in [-0.2, 0) is 5.41 Å². The summed E-state index contributed by atoms with van der Waals surface area (Å²) in [6, 6.07) is 64.4. The summed E-state index contributed by atoms with van der Waals surface area (Å²) in [6.07, 6.45) is 0. The largest absolute Gasteiger partial charge is 0.310 e. The van der Waals surface area contributed by atoms with Gasteiger partial charge in [-0.05, 0) is 90.8 Å². The monoisotopic (exact) mass is 613 g/mol. The van der Waals surface area contributed by atoms with Crippen molar-refractivity contribution in [2.24, 2.45) is 0 Å². The van der Waals surface area contributed by atoms with Gasteiger partial charge in [0, 0.05) is 22.4 Å². The molecule has 8 aromatic rings.